The molecule has 0 atom stereocenters. The van der Waals surface area contributed by atoms with Gasteiger partial charge >= 0.3 is 10.2 Å². The Hall–Kier alpha value is -1.27. The number of nitrogens with zero attached hydrogens (tertiary/aromatic N) is 2. The highest BCUT2D eigenvalue weighted by Gasteiger charge is 2.29. The van der Waals surface area contributed by atoms with Crippen LogP contribution >= 0.6 is 0 Å². The Morgan fingerprint density at radius 3 is 2.19 bits per heavy atom. The van der Waals surface area contributed by atoms with Crippen LogP contribution < -0.4 is 10.0 Å². The third-order valence-electron chi connectivity index (χ3n) is 3.78. The van der Waals surface area contributed by atoms with Gasteiger partial charge in [-0.25, -0.2) is 0 Å². The van der Waals surface area contributed by atoms with E-state index in [4.69, 9.17) is 5.73 Å². The van der Waals surface area contributed by atoms with Crippen molar-refractivity contribution in [1.29, 1.82) is 0 Å². The second kappa shape index (κ2) is 7.13. The molecule has 0 aromatic heterocycles. The van der Waals surface area contributed by atoms with Crippen molar-refractivity contribution in [2.45, 2.75) is 39.0 Å². The lowest BCUT2D eigenvalue weighted by molar-refractivity contribution is 0.421. The van der Waals surface area contributed by atoms with E-state index < -0.39 is 10.2 Å². The summed E-state index contributed by atoms with van der Waals surface area (Å²) < 4.78 is 29.0. The van der Waals surface area contributed by atoms with Crippen LogP contribution in [0, 0.1) is 0 Å². The van der Waals surface area contributed by atoms with E-state index in [2.05, 4.69) is 0 Å². The van der Waals surface area contributed by atoms with Crippen molar-refractivity contribution in [2.75, 3.05) is 29.7 Å². The van der Waals surface area contributed by atoms with Crippen LogP contribution in [0.1, 0.15) is 39.0 Å². The molecule has 1 fully saturated rings. The van der Waals surface area contributed by atoms with Gasteiger partial charge in [0.15, 0.2) is 0 Å². The molecule has 2 rings (SSSR count). The summed E-state index contributed by atoms with van der Waals surface area (Å²) in [5, 5.41) is 0. The van der Waals surface area contributed by atoms with Gasteiger partial charge in [0.2, 0.25) is 0 Å². The summed E-state index contributed by atoms with van der Waals surface area (Å²) in [6, 6.07) is 7.05. The van der Waals surface area contributed by atoms with E-state index in [1.807, 2.05) is 6.92 Å². The number of hydrogen-bond donors (Lipinski definition) is 1. The third-order valence-corrected chi connectivity index (χ3v) is 5.75. The normalized spacial score (nSPS) is 17.4. The van der Waals surface area contributed by atoms with Gasteiger partial charge < -0.3 is 5.73 Å². The van der Waals surface area contributed by atoms with Crippen LogP contribution in [0.5, 0.6) is 0 Å². The predicted octanol–water partition coefficient (Wildman–Crippen LogP) is 2.61. The van der Waals surface area contributed by atoms with Crippen LogP contribution in [-0.4, -0.2) is 32.4 Å². The van der Waals surface area contributed by atoms with Gasteiger partial charge in [-0.3, -0.25) is 4.31 Å². The summed E-state index contributed by atoms with van der Waals surface area (Å²) >= 11 is 0. The van der Waals surface area contributed by atoms with Gasteiger partial charge in [0.05, 0.1) is 5.69 Å². The average molecular weight is 311 g/mol. The van der Waals surface area contributed by atoms with Crippen molar-refractivity contribution >= 4 is 21.6 Å². The molecule has 0 aliphatic carbocycles. The minimum absolute atomic E-state index is 0.489. The molecule has 6 heteroatoms. The summed E-state index contributed by atoms with van der Waals surface area (Å²) in [5.74, 6) is 0. The number of nitrogens with two attached hydrogens (primary N) is 1. The summed E-state index contributed by atoms with van der Waals surface area (Å²) in [4.78, 5) is 0. The van der Waals surface area contributed by atoms with Crippen molar-refractivity contribution in [1.82, 2.24) is 4.31 Å². The first-order chi connectivity index (χ1) is 10.1. The molecule has 1 aromatic carbocycles. The van der Waals surface area contributed by atoms with Gasteiger partial charge in [-0.05, 0) is 43.5 Å². The van der Waals surface area contributed by atoms with Crippen molar-refractivity contribution in [3.05, 3.63) is 24.3 Å². The monoisotopic (exact) mass is 311 g/mol. The number of hydrogen-bond acceptors (Lipinski definition) is 3. The van der Waals surface area contributed by atoms with Crippen molar-refractivity contribution in [3.8, 4) is 0 Å². The summed E-state index contributed by atoms with van der Waals surface area (Å²) in [5.41, 5.74) is 7.03. The standard InChI is InChI=1S/C15H25N3O2S/c1-2-11-18(15-9-7-14(16)8-10-15)21(19,20)17-12-5-3-4-6-13-17/h7-10H,2-6,11-13,16H2,1H3. The van der Waals surface area contributed by atoms with Crippen molar-refractivity contribution in [2.24, 2.45) is 0 Å². The minimum Gasteiger partial charge on any atom is -0.399 e. The molecule has 1 heterocycles. The van der Waals surface area contributed by atoms with Crippen molar-refractivity contribution < 1.29 is 8.42 Å². The molecule has 1 aliphatic rings. The van der Waals surface area contributed by atoms with E-state index in [-0.39, 0.29) is 0 Å². The molecule has 1 aromatic rings. The Labute approximate surface area is 127 Å². The molecule has 118 valence electrons. The first-order valence-corrected chi connectivity index (χ1v) is 9.08. The smallest absolute Gasteiger partial charge is 0.304 e. The van der Waals surface area contributed by atoms with Gasteiger partial charge in [-0.1, -0.05) is 19.8 Å². The summed E-state index contributed by atoms with van der Waals surface area (Å²) in [6.07, 6.45) is 4.89. The van der Waals surface area contributed by atoms with Gasteiger partial charge in [0, 0.05) is 25.3 Å². The molecular weight excluding hydrogens is 286 g/mol. The second-order valence-electron chi connectivity index (χ2n) is 5.48. The van der Waals surface area contributed by atoms with Crippen LogP contribution in [0.25, 0.3) is 0 Å². The predicted molar refractivity (Wildman–Crippen MR) is 87.5 cm³/mol. The Kier molecular flexibility index (Phi) is 5.47. The molecule has 0 amide bonds. The Morgan fingerprint density at radius 2 is 1.67 bits per heavy atom. The molecule has 21 heavy (non-hydrogen) atoms. The molecule has 2 N–H and O–H groups in total. The third kappa shape index (κ3) is 3.89. The lowest BCUT2D eigenvalue weighted by Crippen LogP contribution is -2.44. The fourth-order valence-electron chi connectivity index (χ4n) is 2.63. The van der Waals surface area contributed by atoms with Gasteiger partial charge in [-0.15, -0.1) is 0 Å². The maximum atomic E-state index is 12.9. The lowest BCUT2D eigenvalue weighted by Gasteiger charge is -2.30. The summed E-state index contributed by atoms with van der Waals surface area (Å²) in [7, 11) is -3.45. The Balaban J connectivity index is 2.28. The SMILES string of the molecule is CCCN(c1ccc(N)cc1)S(=O)(=O)N1CCCCCC1. The molecular formula is C15H25N3O2S. The fourth-order valence-corrected chi connectivity index (χ4v) is 4.43. The molecule has 1 aliphatic heterocycles. The minimum atomic E-state index is -3.45. The largest absolute Gasteiger partial charge is 0.399 e. The van der Waals surface area contributed by atoms with E-state index in [1.165, 1.54) is 4.31 Å². The highest BCUT2D eigenvalue weighted by atomic mass is 32.2. The zero-order valence-electron chi connectivity index (χ0n) is 12.7. The van der Waals surface area contributed by atoms with Gasteiger partial charge in [0.25, 0.3) is 0 Å². The zero-order valence-corrected chi connectivity index (χ0v) is 13.5. The topological polar surface area (TPSA) is 66.6 Å². The van der Waals surface area contributed by atoms with E-state index >= 15 is 0 Å². The zero-order chi connectivity index (χ0) is 15.3. The number of rotatable bonds is 5. The highest BCUT2D eigenvalue weighted by molar-refractivity contribution is 7.90. The van der Waals surface area contributed by atoms with Crippen LogP contribution in [0.15, 0.2) is 24.3 Å². The molecule has 0 radical (unpaired) electrons. The molecule has 0 bridgehead atoms. The maximum Gasteiger partial charge on any atom is 0.304 e. The number of benzene rings is 1. The van der Waals surface area contributed by atoms with Crippen molar-refractivity contribution in [3.63, 3.8) is 0 Å². The quantitative estimate of drug-likeness (QED) is 0.850. The van der Waals surface area contributed by atoms with E-state index in [0.717, 1.165) is 32.1 Å². The Bertz CT molecular complexity index is 535. The molecule has 5 nitrogen and oxygen atoms in total. The number of anilines is 2. The Morgan fingerprint density at radius 1 is 1.10 bits per heavy atom. The molecule has 1 saturated heterocycles. The summed E-state index contributed by atoms with van der Waals surface area (Å²) in [6.45, 7) is 3.72. The lowest BCUT2D eigenvalue weighted by atomic mass is 10.2. The van der Waals surface area contributed by atoms with E-state index in [0.29, 0.717) is 31.0 Å². The van der Waals surface area contributed by atoms with Crippen LogP contribution in [-0.2, 0) is 10.2 Å². The van der Waals surface area contributed by atoms with Crippen LogP contribution in [0.4, 0.5) is 11.4 Å². The van der Waals surface area contributed by atoms with Crippen LogP contribution in [0.2, 0.25) is 0 Å². The van der Waals surface area contributed by atoms with E-state index in [9.17, 15) is 8.42 Å². The number of nitrogen functional groups attached to an aromatic ring is 1. The molecule has 0 spiro atoms. The van der Waals surface area contributed by atoms with Crippen LogP contribution in [0.3, 0.4) is 0 Å². The first kappa shape index (κ1) is 16.1. The second-order valence-corrected chi connectivity index (χ2v) is 7.34. The maximum absolute atomic E-state index is 12.9. The van der Waals surface area contributed by atoms with Gasteiger partial charge in [0.1, 0.15) is 0 Å². The van der Waals surface area contributed by atoms with Gasteiger partial charge in [-0.2, -0.15) is 12.7 Å². The average Bonchev–Trinajstić information content (AvgIpc) is 2.75. The first-order valence-electron chi connectivity index (χ1n) is 7.69. The fraction of sp³-hybridized carbons (Fsp3) is 0.600. The molecule has 0 unspecified atom stereocenters. The van der Waals surface area contributed by atoms with E-state index in [1.54, 1.807) is 28.6 Å². The highest BCUT2D eigenvalue weighted by Crippen LogP contribution is 2.24. The molecule has 0 saturated carbocycles.